The first-order chi connectivity index (χ1) is 19.5. The van der Waals surface area contributed by atoms with Crippen molar-refractivity contribution in [3.63, 3.8) is 0 Å². The molecule has 0 aliphatic heterocycles. The number of nitrogens with one attached hydrogen (secondary N) is 1. The summed E-state index contributed by atoms with van der Waals surface area (Å²) in [7, 11) is -4.13. The number of sulfonamides is 1. The normalized spacial score (nSPS) is 12.2. The molecule has 3 aromatic carbocycles. The van der Waals surface area contributed by atoms with E-state index in [9.17, 15) is 18.0 Å². The fourth-order valence-electron chi connectivity index (χ4n) is 4.46. The fraction of sp³-hybridized carbons (Fsp3) is 0.355. The van der Waals surface area contributed by atoms with Gasteiger partial charge in [0.05, 0.1) is 20.6 Å². The number of carbonyl (C=O) groups is 2. The van der Waals surface area contributed by atoms with Crippen molar-refractivity contribution in [1.82, 2.24) is 10.2 Å². The first kappa shape index (κ1) is 32.4. The molecule has 0 heterocycles. The van der Waals surface area contributed by atoms with Gasteiger partial charge < -0.3 is 10.2 Å². The van der Waals surface area contributed by atoms with Crippen LogP contribution in [0.2, 0.25) is 10.0 Å². The predicted octanol–water partition coefficient (Wildman–Crippen LogP) is 6.33. The molecule has 220 valence electrons. The maximum Gasteiger partial charge on any atom is 0.264 e. The lowest BCUT2D eigenvalue weighted by atomic mass is 10.1. The predicted molar refractivity (Wildman–Crippen MR) is 166 cm³/mol. The number of hydrogen-bond donors (Lipinski definition) is 1. The summed E-state index contributed by atoms with van der Waals surface area (Å²) in [4.78, 5) is 29.0. The SMILES string of the molecule is CCc1ccccc1N(CC(=O)N(Cc1ccc(Cl)c(Cl)c1)[C@H](CC)C(=O)NCC(C)C)S(=O)(=O)c1ccccc1. The molecule has 0 spiro atoms. The zero-order valence-corrected chi connectivity index (χ0v) is 26.1. The summed E-state index contributed by atoms with van der Waals surface area (Å²) in [6, 6.07) is 19.3. The number of halogens is 2. The number of para-hydroxylation sites is 1. The fourth-order valence-corrected chi connectivity index (χ4v) is 6.26. The summed E-state index contributed by atoms with van der Waals surface area (Å²) >= 11 is 12.4. The van der Waals surface area contributed by atoms with Crippen molar-refractivity contribution in [2.45, 2.75) is 58.0 Å². The second-order valence-electron chi connectivity index (χ2n) is 10.1. The van der Waals surface area contributed by atoms with Crippen LogP contribution < -0.4 is 9.62 Å². The van der Waals surface area contributed by atoms with Gasteiger partial charge in [0, 0.05) is 13.1 Å². The molecule has 0 fully saturated rings. The van der Waals surface area contributed by atoms with Gasteiger partial charge in [-0.15, -0.1) is 0 Å². The van der Waals surface area contributed by atoms with Crippen LogP contribution in [0.4, 0.5) is 5.69 Å². The van der Waals surface area contributed by atoms with E-state index in [1.54, 1.807) is 48.5 Å². The minimum Gasteiger partial charge on any atom is -0.354 e. The molecule has 3 aromatic rings. The Morgan fingerprint density at radius 3 is 2.17 bits per heavy atom. The van der Waals surface area contributed by atoms with E-state index in [4.69, 9.17) is 23.2 Å². The molecule has 2 amide bonds. The molecule has 0 saturated carbocycles. The molecule has 0 aromatic heterocycles. The van der Waals surface area contributed by atoms with E-state index in [1.165, 1.54) is 17.0 Å². The number of aryl methyl sites for hydroxylation is 1. The number of amides is 2. The molecular weight excluding hydrogens is 581 g/mol. The summed E-state index contributed by atoms with van der Waals surface area (Å²) in [5.41, 5.74) is 1.85. The second-order valence-corrected chi connectivity index (χ2v) is 12.8. The standard InChI is InChI=1S/C31H37Cl2N3O4S/c1-5-24-12-10-11-15-29(24)36(41(39,40)25-13-8-7-9-14-25)21-30(37)35(20-23-16-17-26(32)27(33)18-23)28(6-2)31(38)34-19-22(3)4/h7-18,22,28H,5-6,19-21H2,1-4H3,(H,34,38)/t28-/m1/s1. The molecule has 1 atom stereocenters. The first-order valence-electron chi connectivity index (χ1n) is 13.7. The van der Waals surface area contributed by atoms with Gasteiger partial charge in [0.15, 0.2) is 0 Å². The number of rotatable bonds is 13. The topological polar surface area (TPSA) is 86.8 Å². The Morgan fingerprint density at radius 2 is 1.56 bits per heavy atom. The van der Waals surface area contributed by atoms with E-state index < -0.39 is 28.5 Å². The van der Waals surface area contributed by atoms with E-state index in [-0.39, 0.29) is 23.3 Å². The van der Waals surface area contributed by atoms with Gasteiger partial charge in [-0.3, -0.25) is 13.9 Å². The number of hydrogen-bond acceptors (Lipinski definition) is 4. The minimum atomic E-state index is -4.13. The lowest BCUT2D eigenvalue weighted by Gasteiger charge is -2.34. The van der Waals surface area contributed by atoms with Crippen LogP contribution >= 0.6 is 23.2 Å². The van der Waals surface area contributed by atoms with Crippen LogP contribution in [0.5, 0.6) is 0 Å². The Hall–Kier alpha value is -3.07. The highest BCUT2D eigenvalue weighted by Crippen LogP contribution is 2.29. The van der Waals surface area contributed by atoms with Crippen LogP contribution in [0.25, 0.3) is 0 Å². The van der Waals surface area contributed by atoms with Crippen molar-refractivity contribution in [1.29, 1.82) is 0 Å². The van der Waals surface area contributed by atoms with Gasteiger partial charge in [0.2, 0.25) is 11.8 Å². The van der Waals surface area contributed by atoms with Crippen molar-refractivity contribution in [2.24, 2.45) is 5.92 Å². The summed E-state index contributed by atoms with van der Waals surface area (Å²) in [6.45, 7) is 7.70. The van der Waals surface area contributed by atoms with Crippen LogP contribution in [0.15, 0.2) is 77.7 Å². The molecule has 0 saturated heterocycles. The van der Waals surface area contributed by atoms with E-state index in [0.717, 1.165) is 9.87 Å². The quantitative estimate of drug-likeness (QED) is 0.243. The van der Waals surface area contributed by atoms with Crippen molar-refractivity contribution in [3.8, 4) is 0 Å². The molecule has 1 N–H and O–H groups in total. The third kappa shape index (κ3) is 8.24. The van der Waals surface area contributed by atoms with Gasteiger partial charge in [-0.2, -0.15) is 0 Å². The average Bonchev–Trinajstić information content (AvgIpc) is 2.96. The van der Waals surface area contributed by atoms with Crippen molar-refractivity contribution < 1.29 is 18.0 Å². The van der Waals surface area contributed by atoms with E-state index in [1.807, 2.05) is 39.8 Å². The average molecular weight is 619 g/mol. The summed E-state index contributed by atoms with van der Waals surface area (Å²) in [5.74, 6) is -0.609. The number of carbonyl (C=O) groups excluding carboxylic acids is 2. The van der Waals surface area contributed by atoms with Crippen LogP contribution in [-0.2, 0) is 32.6 Å². The maximum atomic E-state index is 14.2. The zero-order chi connectivity index (χ0) is 30.2. The van der Waals surface area contributed by atoms with Gasteiger partial charge in [-0.1, -0.05) is 93.4 Å². The number of benzene rings is 3. The lowest BCUT2D eigenvalue weighted by molar-refractivity contribution is -0.140. The minimum absolute atomic E-state index is 0.0397. The highest BCUT2D eigenvalue weighted by atomic mass is 35.5. The van der Waals surface area contributed by atoms with Crippen LogP contribution in [-0.4, -0.2) is 44.3 Å². The maximum absolute atomic E-state index is 14.2. The molecule has 7 nitrogen and oxygen atoms in total. The highest BCUT2D eigenvalue weighted by Gasteiger charge is 2.34. The number of anilines is 1. The van der Waals surface area contributed by atoms with E-state index in [0.29, 0.717) is 40.7 Å². The zero-order valence-electron chi connectivity index (χ0n) is 23.8. The van der Waals surface area contributed by atoms with Crippen molar-refractivity contribution >= 4 is 50.7 Å². The molecule has 0 aliphatic rings. The molecular formula is C31H37Cl2N3O4S. The summed E-state index contributed by atoms with van der Waals surface area (Å²) in [6.07, 6.45) is 0.890. The van der Waals surface area contributed by atoms with Crippen LogP contribution in [0.1, 0.15) is 45.2 Å². The van der Waals surface area contributed by atoms with E-state index in [2.05, 4.69) is 5.32 Å². The lowest BCUT2D eigenvalue weighted by Crippen LogP contribution is -2.52. The monoisotopic (exact) mass is 617 g/mol. The van der Waals surface area contributed by atoms with Gasteiger partial charge in [-0.25, -0.2) is 8.42 Å². The molecule has 0 bridgehead atoms. The molecule has 0 aliphatic carbocycles. The summed E-state index contributed by atoms with van der Waals surface area (Å²) < 4.78 is 29.1. The molecule has 0 unspecified atom stereocenters. The Morgan fingerprint density at radius 1 is 0.902 bits per heavy atom. The Kier molecular flexibility index (Phi) is 11.6. The Bertz CT molecular complexity index is 1450. The van der Waals surface area contributed by atoms with Gasteiger partial charge in [0.1, 0.15) is 12.6 Å². The van der Waals surface area contributed by atoms with Crippen molar-refractivity contribution in [2.75, 3.05) is 17.4 Å². The number of nitrogens with zero attached hydrogens (tertiary/aromatic N) is 2. The largest absolute Gasteiger partial charge is 0.354 e. The van der Waals surface area contributed by atoms with Crippen LogP contribution in [0.3, 0.4) is 0 Å². The third-order valence-electron chi connectivity index (χ3n) is 6.66. The van der Waals surface area contributed by atoms with Crippen LogP contribution in [0, 0.1) is 5.92 Å². The Balaban J connectivity index is 2.09. The van der Waals surface area contributed by atoms with E-state index >= 15 is 0 Å². The van der Waals surface area contributed by atoms with Crippen molar-refractivity contribution in [3.05, 3.63) is 94.0 Å². The molecule has 3 rings (SSSR count). The Labute approximate surface area is 253 Å². The molecule has 41 heavy (non-hydrogen) atoms. The second kappa shape index (κ2) is 14.7. The molecule has 10 heteroatoms. The van der Waals surface area contributed by atoms with Gasteiger partial charge in [-0.05, 0) is 60.2 Å². The summed E-state index contributed by atoms with van der Waals surface area (Å²) in [5, 5.41) is 3.61. The highest BCUT2D eigenvalue weighted by molar-refractivity contribution is 7.92. The van der Waals surface area contributed by atoms with Gasteiger partial charge >= 0.3 is 0 Å². The smallest absolute Gasteiger partial charge is 0.264 e. The molecule has 0 radical (unpaired) electrons. The first-order valence-corrected chi connectivity index (χ1v) is 15.9. The van der Waals surface area contributed by atoms with Gasteiger partial charge in [0.25, 0.3) is 10.0 Å². The third-order valence-corrected chi connectivity index (χ3v) is 9.17.